The van der Waals surface area contributed by atoms with Crippen molar-refractivity contribution in [2.75, 3.05) is 30.6 Å². The average molecular weight is 547 g/mol. The lowest BCUT2D eigenvalue weighted by Gasteiger charge is -2.11. The molecule has 2 amide bonds. The Morgan fingerprint density at radius 3 is 2.46 bits per heavy atom. The van der Waals surface area contributed by atoms with Gasteiger partial charge in [-0.2, -0.15) is 13.2 Å². The van der Waals surface area contributed by atoms with Crippen molar-refractivity contribution in [3.8, 4) is 11.5 Å². The van der Waals surface area contributed by atoms with Gasteiger partial charge >= 0.3 is 6.18 Å². The van der Waals surface area contributed by atoms with Crippen LogP contribution in [0.15, 0.2) is 40.7 Å². The number of nitrogens with zero attached hydrogens (tertiary/aromatic N) is 2. The van der Waals surface area contributed by atoms with E-state index in [4.69, 9.17) is 21.1 Å². The van der Waals surface area contributed by atoms with Gasteiger partial charge in [0.2, 0.25) is 16.9 Å². The summed E-state index contributed by atoms with van der Waals surface area (Å²) >= 11 is 7.95. The van der Waals surface area contributed by atoms with Gasteiger partial charge in [0, 0.05) is 0 Å². The average Bonchev–Trinajstić information content (AvgIpc) is 3.25. The van der Waals surface area contributed by atoms with Gasteiger partial charge < -0.3 is 20.1 Å². The number of anilines is 2. The van der Waals surface area contributed by atoms with Crippen LogP contribution in [0.5, 0.6) is 11.5 Å². The highest BCUT2D eigenvalue weighted by Crippen LogP contribution is 2.34. The number of ether oxygens (including phenoxy) is 2. The molecule has 0 aliphatic rings. The number of benzene rings is 2. The van der Waals surface area contributed by atoms with E-state index in [1.165, 1.54) is 14.2 Å². The van der Waals surface area contributed by atoms with E-state index in [1.807, 2.05) is 0 Å². The van der Waals surface area contributed by atoms with Gasteiger partial charge in [0.25, 0.3) is 0 Å². The van der Waals surface area contributed by atoms with Crippen molar-refractivity contribution in [1.82, 2.24) is 10.2 Å². The van der Waals surface area contributed by atoms with E-state index in [1.54, 1.807) is 18.2 Å². The zero-order chi connectivity index (χ0) is 25.6. The normalized spacial score (nSPS) is 11.1. The lowest BCUT2D eigenvalue weighted by Crippen LogP contribution is -2.15. The molecule has 0 fully saturated rings. The Kier molecular flexibility index (Phi) is 8.81. The summed E-state index contributed by atoms with van der Waals surface area (Å²) in [6.45, 7) is 0. The first-order chi connectivity index (χ1) is 16.6. The molecule has 0 atom stereocenters. The Hall–Kier alpha value is -3.03. The minimum absolute atomic E-state index is 0.0215. The van der Waals surface area contributed by atoms with Crippen molar-refractivity contribution in [3.63, 3.8) is 0 Å². The van der Waals surface area contributed by atoms with Gasteiger partial charge in [-0.25, -0.2) is 0 Å². The van der Waals surface area contributed by atoms with Crippen molar-refractivity contribution < 1.29 is 32.2 Å². The van der Waals surface area contributed by atoms with Crippen molar-refractivity contribution >= 4 is 57.3 Å². The summed E-state index contributed by atoms with van der Waals surface area (Å²) in [6, 6.07) is 7.77. The van der Waals surface area contributed by atoms with Crippen LogP contribution in [0.1, 0.15) is 11.1 Å². The second-order valence-electron chi connectivity index (χ2n) is 6.82. The molecule has 0 saturated carbocycles. The Morgan fingerprint density at radius 1 is 1.03 bits per heavy atom. The summed E-state index contributed by atoms with van der Waals surface area (Å²) in [5.41, 5.74) is -0.376. The molecule has 3 rings (SSSR count). The van der Waals surface area contributed by atoms with Crippen molar-refractivity contribution in [1.29, 1.82) is 0 Å². The number of carbonyl (C=O) groups is 2. The fourth-order valence-corrected chi connectivity index (χ4v) is 4.50. The van der Waals surface area contributed by atoms with Crippen LogP contribution >= 0.6 is 34.7 Å². The fraction of sp³-hybridized carbons (Fsp3) is 0.238. The molecule has 0 aliphatic carbocycles. The molecule has 2 N–H and O–H groups in total. The molecular weight excluding hydrogens is 529 g/mol. The van der Waals surface area contributed by atoms with Crippen LogP contribution in [0.25, 0.3) is 0 Å². The van der Waals surface area contributed by atoms with E-state index in [0.29, 0.717) is 21.4 Å². The lowest BCUT2D eigenvalue weighted by atomic mass is 10.1. The van der Waals surface area contributed by atoms with Gasteiger partial charge in [0.1, 0.15) is 0 Å². The molecule has 3 aromatic rings. The Labute approximate surface area is 211 Å². The van der Waals surface area contributed by atoms with Crippen LogP contribution < -0.4 is 20.1 Å². The van der Waals surface area contributed by atoms with Crippen LogP contribution in [0.4, 0.5) is 24.0 Å². The highest BCUT2D eigenvalue weighted by molar-refractivity contribution is 8.01. The molecule has 14 heteroatoms. The molecule has 2 aromatic carbocycles. The summed E-state index contributed by atoms with van der Waals surface area (Å²) in [5, 5.41) is 13.0. The van der Waals surface area contributed by atoms with Gasteiger partial charge in [-0.3, -0.25) is 9.59 Å². The zero-order valence-electron chi connectivity index (χ0n) is 18.2. The minimum atomic E-state index is -4.56. The number of aromatic nitrogens is 2. The summed E-state index contributed by atoms with van der Waals surface area (Å²) in [5.74, 6) is -0.0212. The summed E-state index contributed by atoms with van der Waals surface area (Å²) in [4.78, 5) is 24.5. The number of rotatable bonds is 9. The number of hydrogen-bond acceptors (Lipinski definition) is 8. The van der Waals surface area contributed by atoms with Crippen molar-refractivity contribution in [2.45, 2.75) is 16.9 Å². The van der Waals surface area contributed by atoms with E-state index in [2.05, 4.69) is 20.8 Å². The third-order valence-corrected chi connectivity index (χ3v) is 6.66. The highest BCUT2D eigenvalue weighted by atomic mass is 35.5. The van der Waals surface area contributed by atoms with Crippen LogP contribution in [0.2, 0.25) is 5.02 Å². The SMILES string of the molecule is COc1ccc(CC(=O)Nc2nnc(SCC(=O)Nc3cc(C(F)(F)F)ccc3Cl)s2)cc1OC. The number of carbonyl (C=O) groups excluding carboxylic acids is 2. The van der Waals surface area contributed by atoms with Crippen LogP contribution in [0, 0.1) is 0 Å². The molecule has 186 valence electrons. The molecule has 0 aliphatic heterocycles. The minimum Gasteiger partial charge on any atom is -0.493 e. The highest BCUT2D eigenvalue weighted by Gasteiger charge is 2.31. The molecule has 0 radical (unpaired) electrons. The number of thioether (sulfide) groups is 1. The van der Waals surface area contributed by atoms with Gasteiger partial charge in [-0.1, -0.05) is 40.8 Å². The van der Waals surface area contributed by atoms with E-state index in [9.17, 15) is 22.8 Å². The lowest BCUT2D eigenvalue weighted by molar-refractivity contribution is -0.137. The third kappa shape index (κ3) is 7.47. The number of methoxy groups -OCH3 is 2. The summed E-state index contributed by atoms with van der Waals surface area (Å²) < 4.78 is 49.4. The maximum absolute atomic E-state index is 12.9. The number of hydrogen-bond donors (Lipinski definition) is 2. The number of alkyl halides is 3. The first-order valence-corrected chi connectivity index (χ1v) is 11.9. The molecule has 0 unspecified atom stereocenters. The van der Waals surface area contributed by atoms with Crippen LogP contribution in [0.3, 0.4) is 0 Å². The molecule has 1 heterocycles. The monoisotopic (exact) mass is 546 g/mol. The zero-order valence-corrected chi connectivity index (χ0v) is 20.6. The van der Waals surface area contributed by atoms with Crippen LogP contribution in [-0.4, -0.2) is 42.0 Å². The number of amides is 2. The van der Waals surface area contributed by atoms with E-state index in [0.717, 1.165) is 41.3 Å². The molecule has 35 heavy (non-hydrogen) atoms. The van der Waals surface area contributed by atoms with Gasteiger partial charge in [-0.15, -0.1) is 10.2 Å². The second kappa shape index (κ2) is 11.6. The smallest absolute Gasteiger partial charge is 0.416 e. The first-order valence-electron chi connectivity index (χ1n) is 9.72. The summed E-state index contributed by atoms with van der Waals surface area (Å²) in [7, 11) is 3.01. The molecular formula is C21H18ClF3N4O4S2. The predicted octanol–water partition coefficient (Wildman–Crippen LogP) is 5.14. The Balaban J connectivity index is 1.52. The summed E-state index contributed by atoms with van der Waals surface area (Å²) in [6.07, 6.45) is -4.51. The molecule has 0 saturated heterocycles. The predicted molar refractivity (Wildman–Crippen MR) is 128 cm³/mol. The van der Waals surface area contributed by atoms with Crippen LogP contribution in [-0.2, 0) is 22.2 Å². The molecule has 8 nitrogen and oxygen atoms in total. The third-order valence-electron chi connectivity index (χ3n) is 4.36. The topological polar surface area (TPSA) is 102 Å². The second-order valence-corrected chi connectivity index (χ2v) is 9.42. The molecule has 0 spiro atoms. The van der Waals surface area contributed by atoms with Gasteiger partial charge in [0.15, 0.2) is 15.8 Å². The number of nitrogens with one attached hydrogen (secondary N) is 2. The van der Waals surface area contributed by atoms with Gasteiger partial charge in [0.05, 0.1) is 42.7 Å². The fourth-order valence-electron chi connectivity index (χ4n) is 2.77. The largest absolute Gasteiger partial charge is 0.493 e. The standard InChI is InChI=1S/C21H18ClF3N4O4S2/c1-32-15-6-3-11(7-16(15)33-2)8-17(30)27-19-28-29-20(35-19)34-10-18(31)26-14-9-12(21(23,24)25)4-5-13(14)22/h3-7,9H,8,10H2,1-2H3,(H,26,31)(H,27,28,30). The Bertz CT molecular complexity index is 1220. The number of halogens is 4. The molecule has 1 aromatic heterocycles. The van der Waals surface area contributed by atoms with Gasteiger partial charge in [-0.05, 0) is 35.9 Å². The van der Waals surface area contributed by atoms with E-state index < -0.39 is 17.6 Å². The maximum Gasteiger partial charge on any atom is 0.416 e. The van der Waals surface area contributed by atoms with Crippen molar-refractivity contribution in [3.05, 3.63) is 52.5 Å². The van der Waals surface area contributed by atoms with E-state index in [-0.39, 0.29) is 33.9 Å². The van der Waals surface area contributed by atoms with Crippen molar-refractivity contribution in [2.24, 2.45) is 0 Å². The maximum atomic E-state index is 12.9. The first kappa shape index (κ1) is 26.6. The quantitative estimate of drug-likeness (QED) is 0.283. The Morgan fingerprint density at radius 2 is 1.77 bits per heavy atom. The van der Waals surface area contributed by atoms with E-state index >= 15 is 0 Å². The molecule has 0 bridgehead atoms.